The van der Waals surface area contributed by atoms with Crippen LogP contribution in [0.5, 0.6) is 0 Å². The number of carboxylic acids is 1. The number of nitrogens with one attached hydrogen (secondary N) is 1. The van der Waals surface area contributed by atoms with Crippen LogP contribution < -0.4 is 5.32 Å². The summed E-state index contributed by atoms with van der Waals surface area (Å²) in [7, 11) is 0. The Balaban J connectivity index is 1.64. The SMILES string of the molecule is CC1CCC(N(CCOCc2ccc(F)cc2C(F)(F)F)C(=O)Nc2ncc(SC(C)(C)C(=O)O)s2)CC1. The van der Waals surface area contributed by atoms with Crippen LogP contribution in [0.15, 0.2) is 28.6 Å². The van der Waals surface area contributed by atoms with E-state index in [4.69, 9.17) is 4.74 Å². The second kappa shape index (κ2) is 12.6. The van der Waals surface area contributed by atoms with Crippen molar-refractivity contribution in [1.29, 1.82) is 0 Å². The van der Waals surface area contributed by atoms with Crippen molar-refractivity contribution in [3.8, 4) is 0 Å². The van der Waals surface area contributed by atoms with Crippen molar-refractivity contribution >= 4 is 40.2 Å². The number of anilines is 1. The van der Waals surface area contributed by atoms with Crippen LogP contribution in [0.4, 0.5) is 27.5 Å². The van der Waals surface area contributed by atoms with Crippen LogP contribution in [0.3, 0.4) is 0 Å². The lowest BCUT2D eigenvalue weighted by molar-refractivity contribution is -0.139. The molecule has 1 saturated carbocycles. The van der Waals surface area contributed by atoms with Gasteiger partial charge in [0.2, 0.25) is 0 Å². The lowest BCUT2D eigenvalue weighted by atomic mass is 9.86. The first-order chi connectivity index (χ1) is 17.8. The number of benzene rings is 1. The van der Waals surface area contributed by atoms with Crippen LogP contribution in [0, 0.1) is 11.7 Å². The number of thioether (sulfide) groups is 1. The average Bonchev–Trinajstić information content (AvgIpc) is 3.25. The summed E-state index contributed by atoms with van der Waals surface area (Å²) in [5.74, 6) is -1.41. The molecule has 0 radical (unpaired) electrons. The Hall–Kier alpha value is -2.38. The standard InChI is InChI=1S/C25H31F4N3O4S2/c1-15-4-8-18(9-5-15)32(10-11-36-14-16-6-7-17(26)12-19(16)25(27,28)29)23(35)31-22-30-13-20(37-22)38-24(2,3)21(33)34/h6-7,12-13,15,18H,4-5,8-11,14H2,1-3H3,(H,33,34)(H,30,31,35). The molecular weight excluding hydrogens is 546 g/mol. The Kier molecular flexibility index (Phi) is 10.0. The second-order valence-corrected chi connectivity index (χ2v) is 12.7. The minimum atomic E-state index is -4.71. The molecule has 0 spiro atoms. The largest absolute Gasteiger partial charge is 0.480 e. The molecule has 2 N–H and O–H groups in total. The number of aromatic nitrogens is 1. The van der Waals surface area contributed by atoms with Gasteiger partial charge in [0.15, 0.2) is 5.13 Å². The summed E-state index contributed by atoms with van der Waals surface area (Å²) in [5.41, 5.74) is -1.27. The van der Waals surface area contributed by atoms with Crippen LogP contribution in [0.1, 0.15) is 57.6 Å². The van der Waals surface area contributed by atoms with Crippen molar-refractivity contribution in [3.05, 3.63) is 41.3 Å². The Morgan fingerprint density at radius 3 is 2.55 bits per heavy atom. The molecule has 0 aliphatic heterocycles. The topological polar surface area (TPSA) is 91.8 Å². The number of nitrogens with zero attached hydrogens (tertiary/aromatic N) is 2. The number of carbonyl (C=O) groups is 2. The highest BCUT2D eigenvalue weighted by Gasteiger charge is 2.34. The molecule has 0 atom stereocenters. The second-order valence-electron chi connectivity index (χ2n) is 9.79. The number of aliphatic carboxylic acids is 1. The van der Waals surface area contributed by atoms with Crippen LogP contribution in [-0.4, -0.2) is 50.9 Å². The fourth-order valence-electron chi connectivity index (χ4n) is 4.11. The molecule has 13 heteroatoms. The van der Waals surface area contributed by atoms with Crippen LogP contribution in [0.2, 0.25) is 0 Å². The highest BCUT2D eigenvalue weighted by atomic mass is 32.2. The van der Waals surface area contributed by atoms with Gasteiger partial charge in [-0.3, -0.25) is 10.1 Å². The number of alkyl halides is 3. The van der Waals surface area contributed by atoms with Gasteiger partial charge < -0.3 is 14.7 Å². The summed E-state index contributed by atoms with van der Waals surface area (Å²) in [6.07, 6.45) is 0.264. The Morgan fingerprint density at radius 1 is 1.24 bits per heavy atom. The average molecular weight is 578 g/mol. The highest BCUT2D eigenvalue weighted by Crippen LogP contribution is 2.38. The van der Waals surface area contributed by atoms with Crippen LogP contribution >= 0.6 is 23.1 Å². The van der Waals surface area contributed by atoms with Crippen molar-refractivity contribution in [3.63, 3.8) is 0 Å². The summed E-state index contributed by atoms with van der Waals surface area (Å²) in [5, 5.41) is 12.4. The molecule has 2 amide bonds. The number of hydrogen-bond donors (Lipinski definition) is 2. The predicted molar refractivity (Wildman–Crippen MR) is 138 cm³/mol. The molecule has 1 aliphatic carbocycles. The molecule has 7 nitrogen and oxygen atoms in total. The number of amides is 2. The van der Waals surface area contributed by atoms with E-state index in [2.05, 4.69) is 17.2 Å². The number of halogens is 4. The van der Waals surface area contributed by atoms with Gasteiger partial charge in [-0.1, -0.05) is 36.1 Å². The van der Waals surface area contributed by atoms with Gasteiger partial charge in [-0.25, -0.2) is 14.2 Å². The Bertz CT molecular complexity index is 1120. The van der Waals surface area contributed by atoms with Gasteiger partial charge in [0.05, 0.1) is 29.2 Å². The molecular formula is C25H31F4N3O4S2. The van der Waals surface area contributed by atoms with Crippen LogP contribution in [0.25, 0.3) is 0 Å². The van der Waals surface area contributed by atoms with Gasteiger partial charge in [-0.05, 0) is 63.1 Å². The number of carbonyl (C=O) groups excluding carboxylic acids is 1. The zero-order valence-corrected chi connectivity index (χ0v) is 22.9. The van der Waals surface area contributed by atoms with Gasteiger partial charge in [-0.2, -0.15) is 13.2 Å². The Morgan fingerprint density at radius 2 is 1.92 bits per heavy atom. The molecule has 1 fully saturated rings. The first-order valence-electron chi connectivity index (χ1n) is 12.2. The molecule has 0 unspecified atom stereocenters. The number of carboxylic acid groups (broad SMARTS) is 1. The van der Waals surface area contributed by atoms with Crippen molar-refractivity contribution in [1.82, 2.24) is 9.88 Å². The van der Waals surface area contributed by atoms with E-state index in [1.807, 2.05) is 0 Å². The molecule has 1 aliphatic rings. The van der Waals surface area contributed by atoms with Gasteiger partial charge >= 0.3 is 18.2 Å². The highest BCUT2D eigenvalue weighted by molar-refractivity contribution is 8.03. The number of hydrogen-bond acceptors (Lipinski definition) is 6. The number of rotatable bonds is 10. The molecule has 3 rings (SSSR count). The summed E-state index contributed by atoms with van der Waals surface area (Å²) in [4.78, 5) is 30.4. The van der Waals surface area contributed by atoms with E-state index < -0.39 is 34.3 Å². The molecule has 1 aromatic carbocycles. The number of thiazole rings is 1. The fraction of sp³-hybridized carbons (Fsp3) is 0.560. The molecule has 0 bridgehead atoms. The van der Waals surface area contributed by atoms with E-state index in [9.17, 15) is 32.3 Å². The summed E-state index contributed by atoms with van der Waals surface area (Å²) < 4.78 is 58.2. The maximum absolute atomic E-state index is 13.4. The molecule has 2 aromatic rings. The first kappa shape index (κ1) is 30.2. The lowest BCUT2D eigenvalue weighted by Crippen LogP contribution is -2.46. The van der Waals surface area contributed by atoms with E-state index in [0.717, 1.165) is 60.9 Å². The summed E-state index contributed by atoms with van der Waals surface area (Å²) in [6, 6.07) is 1.98. The van der Waals surface area contributed by atoms with Crippen molar-refractivity contribution in [2.75, 3.05) is 18.5 Å². The third-order valence-electron chi connectivity index (χ3n) is 6.37. The lowest BCUT2D eigenvalue weighted by Gasteiger charge is -2.36. The maximum atomic E-state index is 13.4. The van der Waals surface area contributed by atoms with Crippen molar-refractivity contribution in [2.45, 2.75) is 74.2 Å². The fourth-order valence-corrected chi connectivity index (χ4v) is 6.37. The first-order valence-corrected chi connectivity index (χ1v) is 13.8. The summed E-state index contributed by atoms with van der Waals surface area (Å²) >= 11 is 2.29. The van der Waals surface area contributed by atoms with Gasteiger partial charge in [-0.15, -0.1) is 0 Å². The minimum absolute atomic E-state index is 0.0140. The molecule has 1 heterocycles. The van der Waals surface area contributed by atoms with Crippen molar-refractivity contribution < 1.29 is 37.0 Å². The van der Waals surface area contributed by atoms with Crippen molar-refractivity contribution in [2.24, 2.45) is 5.92 Å². The molecule has 0 saturated heterocycles. The quantitative estimate of drug-likeness (QED) is 0.182. The third kappa shape index (κ3) is 8.31. The van der Waals surface area contributed by atoms with E-state index in [-0.39, 0.29) is 31.4 Å². The smallest absolute Gasteiger partial charge is 0.416 e. The Labute approximate surface area is 227 Å². The normalized spacial score (nSPS) is 18.3. The monoisotopic (exact) mass is 577 g/mol. The maximum Gasteiger partial charge on any atom is 0.416 e. The van der Waals surface area contributed by atoms with E-state index in [1.54, 1.807) is 18.7 Å². The molecule has 38 heavy (non-hydrogen) atoms. The van der Waals surface area contributed by atoms with Crippen LogP contribution in [-0.2, 0) is 22.3 Å². The molecule has 1 aromatic heterocycles. The van der Waals surface area contributed by atoms with Gasteiger partial charge in [0.1, 0.15) is 10.6 Å². The number of urea groups is 1. The van der Waals surface area contributed by atoms with E-state index >= 15 is 0 Å². The van der Waals surface area contributed by atoms with Gasteiger partial charge in [0, 0.05) is 12.6 Å². The number of ether oxygens (including phenoxy) is 1. The summed E-state index contributed by atoms with van der Waals surface area (Å²) in [6.45, 7) is 5.06. The van der Waals surface area contributed by atoms with Gasteiger partial charge in [0.25, 0.3) is 0 Å². The van der Waals surface area contributed by atoms with E-state index in [1.165, 1.54) is 6.20 Å². The minimum Gasteiger partial charge on any atom is -0.480 e. The third-order valence-corrected chi connectivity index (χ3v) is 8.57. The zero-order valence-electron chi connectivity index (χ0n) is 21.3. The predicted octanol–water partition coefficient (Wildman–Crippen LogP) is 6.89. The molecule has 210 valence electrons. The zero-order chi connectivity index (χ0) is 28.1. The van der Waals surface area contributed by atoms with E-state index in [0.29, 0.717) is 21.3 Å².